The number of halogens is 2. The zero-order chi connectivity index (χ0) is 31.8. The molecule has 0 amide bonds. The number of carbonyl (C=O) groups excluding carboxylic acids is 1. The second-order valence-corrected chi connectivity index (χ2v) is 12.2. The standard InChI is InChI=1S/C34H29Cl2N3O5S/c1-5-44-33(41)30-19(2)37-34-39(31(30)25-16-23(42-3)12-13-28(25)43-4)32(40)29(45-34)14-21-18-38(27-9-7-6-8-24(21)27)17-20-10-11-22(35)15-26(20)36/h6-16,18,31H,5,17H2,1-4H3/b29-14-/t31-/m1/s1. The van der Waals surface area contributed by atoms with E-state index in [1.54, 1.807) is 56.9 Å². The minimum Gasteiger partial charge on any atom is -0.497 e. The van der Waals surface area contributed by atoms with Crippen LogP contribution < -0.4 is 24.4 Å². The van der Waals surface area contributed by atoms with Gasteiger partial charge in [0.25, 0.3) is 5.56 Å². The van der Waals surface area contributed by atoms with Gasteiger partial charge in [-0.25, -0.2) is 9.79 Å². The molecule has 0 fully saturated rings. The Balaban J connectivity index is 1.54. The van der Waals surface area contributed by atoms with Crippen molar-refractivity contribution in [1.82, 2.24) is 9.13 Å². The summed E-state index contributed by atoms with van der Waals surface area (Å²) in [5.41, 5.74) is 3.78. The molecule has 2 aromatic heterocycles. The Bertz CT molecular complexity index is 2180. The molecular weight excluding hydrogens is 633 g/mol. The van der Waals surface area contributed by atoms with E-state index in [9.17, 15) is 9.59 Å². The van der Waals surface area contributed by atoms with E-state index in [0.29, 0.717) is 48.7 Å². The number of thiazole rings is 1. The maximum absolute atomic E-state index is 14.3. The quantitative estimate of drug-likeness (QED) is 0.187. The number of allylic oxidation sites excluding steroid dienone is 1. The van der Waals surface area contributed by atoms with Gasteiger partial charge in [-0.1, -0.05) is 58.8 Å². The zero-order valence-electron chi connectivity index (χ0n) is 25.0. The molecule has 0 unspecified atom stereocenters. The molecule has 8 nitrogen and oxygen atoms in total. The number of para-hydroxylation sites is 1. The minimum atomic E-state index is -0.846. The molecule has 0 saturated carbocycles. The topological polar surface area (TPSA) is 84.1 Å². The SMILES string of the molecule is CCOC(=O)C1=C(C)N=c2s/c(=C\c3cn(Cc4ccc(Cl)cc4Cl)c4ccccc34)c(=O)n2[C@@H]1c1cc(OC)ccc1OC. The third kappa shape index (κ3) is 5.67. The van der Waals surface area contributed by atoms with Gasteiger partial charge >= 0.3 is 5.97 Å². The zero-order valence-corrected chi connectivity index (χ0v) is 27.3. The summed E-state index contributed by atoms with van der Waals surface area (Å²) < 4.78 is 20.7. The lowest BCUT2D eigenvalue weighted by atomic mass is 9.94. The molecule has 45 heavy (non-hydrogen) atoms. The van der Waals surface area contributed by atoms with Crippen molar-refractivity contribution in [3.05, 3.63) is 125 Å². The van der Waals surface area contributed by atoms with E-state index in [4.69, 9.17) is 42.4 Å². The van der Waals surface area contributed by atoms with E-state index in [0.717, 1.165) is 22.0 Å². The Morgan fingerprint density at radius 2 is 1.87 bits per heavy atom. The molecular formula is C34H29Cl2N3O5S. The number of esters is 1. The van der Waals surface area contributed by atoms with E-state index < -0.39 is 12.0 Å². The van der Waals surface area contributed by atoms with Crippen LogP contribution in [-0.4, -0.2) is 35.9 Å². The van der Waals surface area contributed by atoms with Crippen molar-refractivity contribution in [2.75, 3.05) is 20.8 Å². The van der Waals surface area contributed by atoms with Crippen molar-refractivity contribution in [2.45, 2.75) is 26.4 Å². The van der Waals surface area contributed by atoms with Gasteiger partial charge in [-0.15, -0.1) is 0 Å². The number of hydrogen-bond donors (Lipinski definition) is 0. The Labute approximate surface area is 273 Å². The fraction of sp³-hybridized carbons (Fsp3) is 0.206. The number of nitrogens with zero attached hydrogens (tertiary/aromatic N) is 3. The van der Waals surface area contributed by atoms with Crippen LogP contribution in [0, 0.1) is 0 Å². The molecule has 0 saturated heterocycles. The maximum Gasteiger partial charge on any atom is 0.338 e. The number of ether oxygens (including phenoxy) is 3. The van der Waals surface area contributed by atoms with Crippen LogP contribution in [0.2, 0.25) is 10.0 Å². The molecule has 5 aromatic rings. The lowest BCUT2D eigenvalue weighted by molar-refractivity contribution is -0.139. The van der Waals surface area contributed by atoms with Crippen LogP contribution in [0.15, 0.2) is 87.9 Å². The fourth-order valence-electron chi connectivity index (χ4n) is 5.63. The Morgan fingerprint density at radius 3 is 2.60 bits per heavy atom. The van der Waals surface area contributed by atoms with Gasteiger partial charge in [0.2, 0.25) is 0 Å². The highest BCUT2D eigenvalue weighted by atomic mass is 35.5. The average Bonchev–Trinajstić information content (AvgIpc) is 3.53. The van der Waals surface area contributed by atoms with E-state index in [1.165, 1.54) is 11.3 Å². The van der Waals surface area contributed by atoms with Gasteiger partial charge in [0.05, 0.1) is 36.6 Å². The fourth-order valence-corrected chi connectivity index (χ4v) is 7.14. The van der Waals surface area contributed by atoms with Crippen molar-refractivity contribution in [1.29, 1.82) is 0 Å². The highest BCUT2D eigenvalue weighted by Crippen LogP contribution is 2.38. The molecule has 230 valence electrons. The smallest absolute Gasteiger partial charge is 0.338 e. The van der Waals surface area contributed by atoms with Crippen LogP contribution in [0.3, 0.4) is 0 Å². The first kappa shape index (κ1) is 30.7. The summed E-state index contributed by atoms with van der Waals surface area (Å²) in [5.74, 6) is 0.502. The van der Waals surface area contributed by atoms with Crippen molar-refractivity contribution < 1.29 is 19.0 Å². The Kier molecular flexibility index (Phi) is 8.59. The molecule has 0 radical (unpaired) electrons. The van der Waals surface area contributed by atoms with Crippen molar-refractivity contribution >= 4 is 57.5 Å². The summed E-state index contributed by atoms with van der Waals surface area (Å²) in [6, 6.07) is 17.9. The van der Waals surface area contributed by atoms with E-state index in [1.807, 2.05) is 48.7 Å². The molecule has 11 heteroatoms. The van der Waals surface area contributed by atoms with Gasteiger partial charge in [-0.2, -0.15) is 0 Å². The second-order valence-electron chi connectivity index (χ2n) is 10.4. The predicted octanol–water partition coefficient (Wildman–Crippen LogP) is 6.13. The molecule has 1 aliphatic rings. The first-order chi connectivity index (χ1) is 21.7. The molecule has 6 rings (SSSR count). The van der Waals surface area contributed by atoms with Crippen LogP contribution in [0.4, 0.5) is 0 Å². The molecule has 1 atom stereocenters. The second kappa shape index (κ2) is 12.6. The molecule has 0 spiro atoms. The number of carbonyl (C=O) groups is 1. The summed E-state index contributed by atoms with van der Waals surface area (Å²) in [6.07, 6.45) is 3.88. The van der Waals surface area contributed by atoms with Crippen molar-refractivity contribution in [3.8, 4) is 11.5 Å². The predicted molar refractivity (Wildman–Crippen MR) is 177 cm³/mol. The van der Waals surface area contributed by atoms with Gasteiger partial charge in [0.15, 0.2) is 4.80 Å². The normalized spacial score (nSPS) is 14.8. The molecule has 3 aromatic carbocycles. The van der Waals surface area contributed by atoms with Crippen molar-refractivity contribution in [3.63, 3.8) is 0 Å². The average molecular weight is 663 g/mol. The first-order valence-corrected chi connectivity index (χ1v) is 15.7. The van der Waals surface area contributed by atoms with Crippen LogP contribution in [0.1, 0.15) is 36.6 Å². The number of fused-ring (bicyclic) bond motifs is 2. The molecule has 0 N–H and O–H groups in total. The van der Waals surface area contributed by atoms with Crippen LogP contribution in [0.5, 0.6) is 11.5 Å². The summed E-state index contributed by atoms with van der Waals surface area (Å²) in [4.78, 5) is 32.8. The van der Waals surface area contributed by atoms with Crippen molar-refractivity contribution in [2.24, 2.45) is 4.99 Å². The largest absolute Gasteiger partial charge is 0.497 e. The van der Waals surface area contributed by atoms with Crippen LogP contribution in [-0.2, 0) is 16.1 Å². The van der Waals surface area contributed by atoms with Gasteiger partial charge in [-0.3, -0.25) is 9.36 Å². The van der Waals surface area contributed by atoms with Crippen LogP contribution >= 0.6 is 34.5 Å². The van der Waals surface area contributed by atoms with Gasteiger partial charge < -0.3 is 18.8 Å². The number of aromatic nitrogens is 2. The Morgan fingerprint density at radius 1 is 1.07 bits per heavy atom. The number of methoxy groups -OCH3 is 2. The van der Waals surface area contributed by atoms with Gasteiger partial charge in [0, 0.05) is 44.8 Å². The molecule has 0 bridgehead atoms. The highest BCUT2D eigenvalue weighted by molar-refractivity contribution is 7.07. The highest BCUT2D eigenvalue weighted by Gasteiger charge is 2.35. The summed E-state index contributed by atoms with van der Waals surface area (Å²) in [7, 11) is 3.10. The summed E-state index contributed by atoms with van der Waals surface area (Å²) in [6.45, 7) is 4.18. The third-order valence-electron chi connectivity index (χ3n) is 7.71. The number of benzene rings is 3. The maximum atomic E-state index is 14.3. The third-order valence-corrected chi connectivity index (χ3v) is 9.28. The van der Waals surface area contributed by atoms with E-state index in [-0.39, 0.29) is 17.7 Å². The van der Waals surface area contributed by atoms with E-state index >= 15 is 0 Å². The lowest BCUT2D eigenvalue weighted by Crippen LogP contribution is -2.40. The Hall–Kier alpha value is -4.31. The summed E-state index contributed by atoms with van der Waals surface area (Å²) in [5, 5.41) is 2.13. The first-order valence-electron chi connectivity index (χ1n) is 14.2. The molecule has 1 aliphatic heterocycles. The molecule has 0 aliphatic carbocycles. The monoisotopic (exact) mass is 661 g/mol. The molecule has 3 heterocycles. The van der Waals surface area contributed by atoms with Gasteiger partial charge in [-0.05, 0) is 61.9 Å². The lowest BCUT2D eigenvalue weighted by Gasteiger charge is -2.26. The minimum absolute atomic E-state index is 0.174. The van der Waals surface area contributed by atoms with Gasteiger partial charge in [0.1, 0.15) is 17.5 Å². The number of hydrogen-bond acceptors (Lipinski definition) is 7. The van der Waals surface area contributed by atoms with E-state index in [2.05, 4.69) is 4.57 Å². The van der Waals surface area contributed by atoms with Crippen LogP contribution in [0.25, 0.3) is 17.0 Å². The summed E-state index contributed by atoms with van der Waals surface area (Å²) >= 11 is 13.9. The number of rotatable bonds is 8.